The van der Waals surface area contributed by atoms with Gasteiger partial charge in [0.05, 0.1) is 12.2 Å². The lowest BCUT2D eigenvalue weighted by atomic mass is 9.46. The molecule has 0 radical (unpaired) electrons. The van der Waals surface area contributed by atoms with Gasteiger partial charge in [0.15, 0.2) is 5.41 Å². The van der Waals surface area contributed by atoms with Crippen molar-refractivity contribution in [1.29, 1.82) is 0 Å². The lowest BCUT2D eigenvalue weighted by Gasteiger charge is -2.61. The Labute approximate surface area is 263 Å². The second kappa shape index (κ2) is 10.6. The van der Waals surface area contributed by atoms with Crippen molar-refractivity contribution >= 4 is 5.97 Å². The molecule has 0 amide bonds. The van der Waals surface area contributed by atoms with Crippen LogP contribution in [0.1, 0.15) is 98.3 Å². The van der Waals surface area contributed by atoms with Crippen LogP contribution in [0.15, 0.2) is 0 Å². The molecule has 13 heteroatoms. The van der Waals surface area contributed by atoms with E-state index in [0.29, 0.717) is 24.2 Å². The second-order valence-electron chi connectivity index (χ2n) is 16.9. The number of halogens is 9. The van der Waals surface area contributed by atoms with Crippen LogP contribution >= 0.6 is 0 Å². The summed E-state index contributed by atoms with van der Waals surface area (Å²) in [6, 6.07) is 0. The molecule has 0 aromatic heterocycles. The Hall–Kier alpha value is -1.24. The van der Waals surface area contributed by atoms with Gasteiger partial charge < -0.3 is 14.6 Å². The summed E-state index contributed by atoms with van der Waals surface area (Å²) in [5, 5.41) is 9.86. The number of hydrogen-bond donors (Lipinski definition) is 1. The summed E-state index contributed by atoms with van der Waals surface area (Å²) in [6.45, 7) is 5.96. The number of hydrogen-bond acceptors (Lipinski definition) is 4. The molecule has 1 aliphatic heterocycles. The third-order valence-electron chi connectivity index (χ3n) is 13.7. The summed E-state index contributed by atoms with van der Waals surface area (Å²) in [5.41, 5.74) is -9.36. The molecule has 6 bridgehead atoms. The van der Waals surface area contributed by atoms with Crippen molar-refractivity contribution in [3.8, 4) is 0 Å². The van der Waals surface area contributed by atoms with Crippen molar-refractivity contribution in [3.63, 3.8) is 0 Å². The highest BCUT2D eigenvalue weighted by Gasteiger charge is 2.72. The van der Waals surface area contributed by atoms with Gasteiger partial charge in [-0.05, 0) is 139 Å². The van der Waals surface area contributed by atoms with Gasteiger partial charge >= 0.3 is 24.5 Å². The number of esters is 1. The number of carbonyl (C=O) groups excluding carboxylic acids is 1. The van der Waals surface area contributed by atoms with Crippen LogP contribution in [-0.4, -0.2) is 53.0 Å². The molecule has 0 aromatic rings. The fourth-order valence-corrected chi connectivity index (χ4v) is 11.3. The summed E-state index contributed by atoms with van der Waals surface area (Å²) in [6.07, 6.45) is -14.7. The quantitative estimate of drug-likeness (QED) is 0.216. The molecule has 7 fully saturated rings. The van der Waals surface area contributed by atoms with E-state index in [9.17, 15) is 49.4 Å². The van der Waals surface area contributed by atoms with E-state index < -0.39 is 89.3 Å². The highest BCUT2D eigenvalue weighted by molar-refractivity contribution is 5.78. The molecule has 46 heavy (non-hydrogen) atoms. The van der Waals surface area contributed by atoms with Crippen molar-refractivity contribution in [2.24, 2.45) is 58.2 Å². The maximum absolute atomic E-state index is 14.9. The van der Waals surface area contributed by atoms with Gasteiger partial charge in [0.2, 0.25) is 0 Å². The standard InChI is InChI=1S/C33H45F9O4/c1-16-5-22-20-9-21(14-30(44,32(37,38)39)33(40,41)42)23(10-20)25(22)45-24(16)15-28(4,31(34,35)36)26(43)46-27(2,3)29-11-17-6-18(12-29)8-19(7-17)13-29/h16-25,44H,5-15H2,1-4H3. The van der Waals surface area contributed by atoms with Crippen molar-refractivity contribution in [3.05, 3.63) is 0 Å². The van der Waals surface area contributed by atoms with Crippen LogP contribution in [0, 0.1) is 58.2 Å². The van der Waals surface area contributed by atoms with Crippen LogP contribution in [0.4, 0.5) is 39.5 Å². The fourth-order valence-electron chi connectivity index (χ4n) is 11.3. The van der Waals surface area contributed by atoms with Crippen molar-refractivity contribution in [2.45, 2.75) is 140 Å². The SMILES string of the molecule is CC1CC2C3CC(CC(O)(C(F)(F)F)C(F)(F)F)C(C3)C2OC1CC(C)(C(=O)OC(C)(C)C12CC3CC(CC(C3)C1)C2)C(F)(F)F. The smallest absolute Gasteiger partial charge is 0.426 e. The largest absolute Gasteiger partial charge is 0.458 e. The molecule has 0 spiro atoms. The molecule has 7 aliphatic rings. The highest BCUT2D eigenvalue weighted by atomic mass is 19.4. The molecule has 1 saturated heterocycles. The Morgan fingerprint density at radius 2 is 1.28 bits per heavy atom. The zero-order valence-electron chi connectivity index (χ0n) is 26.6. The first-order valence-electron chi connectivity index (χ1n) is 16.7. The number of carbonyl (C=O) groups is 1. The van der Waals surface area contributed by atoms with Crippen LogP contribution in [0.3, 0.4) is 0 Å². The minimum atomic E-state index is -5.95. The monoisotopic (exact) mass is 676 g/mol. The summed E-state index contributed by atoms with van der Waals surface area (Å²) in [4.78, 5) is 13.7. The Balaban J connectivity index is 1.19. The Morgan fingerprint density at radius 3 is 1.76 bits per heavy atom. The molecule has 264 valence electrons. The number of rotatable bonds is 7. The lowest BCUT2D eigenvalue weighted by Crippen LogP contribution is -2.59. The van der Waals surface area contributed by atoms with E-state index in [1.54, 1.807) is 20.8 Å². The van der Waals surface area contributed by atoms with E-state index in [0.717, 1.165) is 45.4 Å². The topological polar surface area (TPSA) is 55.8 Å². The normalized spacial score (nSPS) is 42.2. The van der Waals surface area contributed by atoms with Crippen LogP contribution in [-0.2, 0) is 14.3 Å². The molecule has 7 rings (SSSR count). The average Bonchev–Trinajstić information content (AvgIpc) is 3.44. The van der Waals surface area contributed by atoms with Gasteiger partial charge in [-0.2, -0.15) is 39.5 Å². The van der Waals surface area contributed by atoms with Gasteiger partial charge in [-0.3, -0.25) is 4.79 Å². The maximum atomic E-state index is 14.9. The van der Waals surface area contributed by atoms with Gasteiger partial charge in [-0.15, -0.1) is 0 Å². The van der Waals surface area contributed by atoms with E-state index in [1.807, 2.05) is 0 Å². The third kappa shape index (κ3) is 5.29. The molecule has 6 aliphatic carbocycles. The molecule has 0 aromatic carbocycles. The maximum Gasteiger partial charge on any atom is 0.426 e. The Kier molecular flexibility index (Phi) is 8.00. The molecular formula is C33H45F9O4. The van der Waals surface area contributed by atoms with Crippen LogP contribution in [0.2, 0.25) is 0 Å². The van der Waals surface area contributed by atoms with E-state index in [1.165, 1.54) is 0 Å². The molecule has 8 unspecified atom stereocenters. The van der Waals surface area contributed by atoms with Gasteiger partial charge in [0, 0.05) is 5.41 Å². The minimum absolute atomic E-state index is 0.0487. The van der Waals surface area contributed by atoms with Gasteiger partial charge in [-0.25, -0.2) is 0 Å². The number of ether oxygens (including phenoxy) is 2. The van der Waals surface area contributed by atoms with Crippen LogP contribution < -0.4 is 0 Å². The molecule has 1 N–H and O–H groups in total. The zero-order valence-corrected chi connectivity index (χ0v) is 26.6. The Bertz CT molecular complexity index is 1140. The number of alkyl halides is 9. The van der Waals surface area contributed by atoms with Gasteiger partial charge in [0.1, 0.15) is 5.60 Å². The molecule has 6 saturated carbocycles. The molecule has 1 heterocycles. The van der Waals surface area contributed by atoms with Crippen LogP contribution in [0.5, 0.6) is 0 Å². The molecular weight excluding hydrogens is 631 g/mol. The van der Waals surface area contributed by atoms with E-state index in [2.05, 4.69) is 0 Å². The van der Waals surface area contributed by atoms with Crippen molar-refractivity contribution in [1.82, 2.24) is 0 Å². The van der Waals surface area contributed by atoms with Gasteiger partial charge in [-0.1, -0.05) is 6.92 Å². The van der Waals surface area contributed by atoms with Gasteiger partial charge in [0.25, 0.3) is 5.60 Å². The summed E-state index contributed by atoms with van der Waals surface area (Å²) in [7, 11) is 0. The lowest BCUT2D eigenvalue weighted by molar-refractivity contribution is -0.374. The minimum Gasteiger partial charge on any atom is -0.458 e. The predicted octanol–water partition coefficient (Wildman–Crippen LogP) is 8.79. The number of fused-ring (bicyclic) bond motifs is 5. The highest BCUT2D eigenvalue weighted by Crippen LogP contribution is 2.65. The van der Waals surface area contributed by atoms with E-state index >= 15 is 0 Å². The molecule has 4 nitrogen and oxygen atoms in total. The van der Waals surface area contributed by atoms with E-state index in [4.69, 9.17) is 9.47 Å². The molecule has 8 atom stereocenters. The number of aliphatic hydroxyl groups is 1. The third-order valence-corrected chi connectivity index (χ3v) is 13.7. The first-order chi connectivity index (χ1) is 20.9. The summed E-state index contributed by atoms with van der Waals surface area (Å²) in [5.74, 6) is -2.80. The van der Waals surface area contributed by atoms with Crippen molar-refractivity contribution in [2.75, 3.05) is 0 Å². The first kappa shape index (κ1) is 34.6. The van der Waals surface area contributed by atoms with Crippen LogP contribution in [0.25, 0.3) is 0 Å². The average molecular weight is 677 g/mol. The Morgan fingerprint density at radius 1 is 0.761 bits per heavy atom. The zero-order chi connectivity index (χ0) is 34.0. The summed E-state index contributed by atoms with van der Waals surface area (Å²) < 4.78 is 138. The predicted molar refractivity (Wildman–Crippen MR) is 147 cm³/mol. The van der Waals surface area contributed by atoms with E-state index in [-0.39, 0.29) is 24.7 Å². The summed E-state index contributed by atoms with van der Waals surface area (Å²) >= 11 is 0. The second-order valence-corrected chi connectivity index (χ2v) is 16.9. The van der Waals surface area contributed by atoms with Crippen molar-refractivity contribution < 1.29 is 58.9 Å². The fraction of sp³-hybridized carbons (Fsp3) is 0.970. The first-order valence-corrected chi connectivity index (χ1v) is 16.7.